The maximum Gasteiger partial charge on any atom is 0.213 e. The summed E-state index contributed by atoms with van der Waals surface area (Å²) >= 11 is 0. The molecule has 0 spiro atoms. The molecule has 2 heterocycles. The molecule has 0 aromatic carbocycles. The Morgan fingerprint density at radius 2 is 2.20 bits per heavy atom. The predicted octanol–water partition coefficient (Wildman–Crippen LogP) is 1.20. The van der Waals surface area contributed by atoms with E-state index in [0.717, 1.165) is 11.4 Å². The van der Waals surface area contributed by atoms with E-state index in [1.165, 1.54) is 0 Å². The number of hydrogen-bond acceptors (Lipinski definition) is 5. The van der Waals surface area contributed by atoms with Gasteiger partial charge in [0.05, 0.1) is 19.8 Å². The Balaban J connectivity index is 1.96. The van der Waals surface area contributed by atoms with Crippen molar-refractivity contribution in [1.82, 2.24) is 19.9 Å². The van der Waals surface area contributed by atoms with E-state index in [0.29, 0.717) is 32.1 Å². The van der Waals surface area contributed by atoms with E-state index in [9.17, 15) is 0 Å². The number of rotatable bonds is 8. The fourth-order valence-electron chi connectivity index (χ4n) is 1.95. The average molecular weight is 276 g/mol. The summed E-state index contributed by atoms with van der Waals surface area (Å²) in [5.74, 6) is 1.52. The summed E-state index contributed by atoms with van der Waals surface area (Å²) in [6, 6.07) is 3.85. The second-order valence-electron chi connectivity index (χ2n) is 4.41. The number of nitrogens with one attached hydrogen (secondary N) is 1. The number of aliphatic hydroxyl groups excluding tert-OH is 1. The number of aromatic amines is 1. The molecule has 0 amide bonds. The summed E-state index contributed by atoms with van der Waals surface area (Å²) in [5, 5.41) is 9.15. The number of pyridine rings is 1. The highest BCUT2D eigenvalue weighted by molar-refractivity contribution is 5.17. The van der Waals surface area contributed by atoms with Gasteiger partial charge in [-0.15, -0.1) is 0 Å². The molecule has 0 atom stereocenters. The SMILES string of the molecule is CCOc1ccc(CN(CCO)Cc2ncc[nH]2)cn1. The third kappa shape index (κ3) is 4.32. The summed E-state index contributed by atoms with van der Waals surface area (Å²) < 4.78 is 5.32. The zero-order chi connectivity index (χ0) is 14.2. The fraction of sp³-hybridized carbons (Fsp3) is 0.429. The van der Waals surface area contributed by atoms with Crippen LogP contribution in [0.1, 0.15) is 18.3 Å². The molecule has 6 nitrogen and oxygen atoms in total. The van der Waals surface area contributed by atoms with Crippen LogP contribution >= 0.6 is 0 Å². The lowest BCUT2D eigenvalue weighted by Gasteiger charge is -2.20. The minimum absolute atomic E-state index is 0.116. The van der Waals surface area contributed by atoms with Crippen LogP contribution in [0.5, 0.6) is 5.88 Å². The molecule has 2 aromatic rings. The van der Waals surface area contributed by atoms with Crippen LogP contribution in [0.2, 0.25) is 0 Å². The first-order valence-electron chi connectivity index (χ1n) is 6.71. The first-order chi connectivity index (χ1) is 9.81. The van der Waals surface area contributed by atoms with Crippen molar-refractivity contribution in [3.63, 3.8) is 0 Å². The van der Waals surface area contributed by atoms with Crippen LogP contribution in [0.25, 0.3) is 0 Å². The smallest absolute Gasteiger partial charge is 0.213 e. The Labute approximate surface area is 118 Å². The maximum atomic E-state index is 9.15. The highest BCUT2D eigenvalue weighted by Crippen LogP contribution is 2.11. The number of nitrogens with zero attached hydrogens (tertiary/aromatic N) is 3. The van der Waals surface area contributed by atoms with Crippen molar-refractivity contribution in [3.05, 3.63) is 42.1 Å². The number of aliphatic hydroxyl groups is 1. The van der Waals surface area contributed by atoms with E-state index in [2.05, 4.69) is 19.9 Å². The normalized spacial score (nSPS) is 10.9. The largest absolute Gasteiger partial charge is 0.478 e. The van der Waals surface area contributed by atoms with E-state index in [4.69, 9.17) is 9.84 Å². The first-order valence-corrected chi connectivity index (χ1v) is 6.71. The third-order valence-corrected chi connectivity index (χ3v) is 2.84. The molecule has 0 aliphatic heterocycles. The minimum Gasteiger partial charge on any atom is -0.478 e. The van der Waals surface area contributed by atoms with Crippen molar-refractivity contribution >= 4 is 0 Å². The van der Waals surface area contributed by atoms with E-state index in [1.54, 1.807) is 18.6 Å². The number of aromatic nitrogens is 3. The molecule has 0 aliphatic rings. The second-order valence-corrected chi connectivity index (χ2v) is 4.41. The molecule has 0 unspecified atom stereocenters. The average Bonchev–Trinajstić information content (AvgIpc) is 2.94. The van der Waals surface area contributed by atoms with Crippen molar-refractivity contribution in [2.24, 2.45) is 0 Å². The molecule has 2 aromatic heterocycles. The highest BCUT2D eigenvalue weighted by atomic mass is 16.5. The highest BCUT2D eigenvalue weighted by Gasteiger charge is 2.08. The number of hydrogen-bond donors (Lipinski definition) is 2. The van der Waals surface area contributed by atoms with Crippen LogP contribution in [-0.2, 0) is 13.1 Å². The summed E-state index contributed by atoms with van der Waals surface area (Å²) in [7, 11) is 0. The Hall–Kier alpha value is -1.92. The lowest BCUT2D eigenvalue weighted by atomic mass is 10.2. The Kier molecular flexibility index (Phi) is 5.52. The standard InChI is InChI=1S/C14H20N4O2/c1-2-20-14-4-3-12(9-17-14)10-18(7-8-19)11-13-15-5-6-16-13/h3-6,9,19H,2,7-8,10-11H2,1H3,(H,15,16). The molecule has 2 rings (SSSR count). The molecule has 108 valence electrons. The van der Waals surface area contributed by atoms with E-state index < -0.39 is 0 Å². The van der Waals surface area contributed by atoms with Crippen LogP contribution in [0.4, 0.5) is 0 Å². The maximum absolute atomic E-state index is 9.15. The monoisotopic (exact) mass is 276 g/mol. The molecule has 0 bridgehead atoms. The summed E-state index contributed by atoms with van der Waals surface area (Å²) in [6.07, 6.45) is 5.33. The molecule has 2 N–H and O–H groups in total. The topological polar surface area (TPSA) is 74.3 Å². The molecule has 0 saturated carbocycles. The van der Waals surface area contributed by atoms with Crippen LogP contribution in [-0.4, -0.2) is 44.7 Å². The summed E-state index contributed by atoms with van der Waals surface area (Å²) in [4.78, 5) is 13.6. The van der Waals surface area contributed by atoms with Gasteiger partial charge in [-0.1, -0.05) is 6.07 Å². The van der Waals surface area contributed by atoms with Gasteiger partial charge in [-0.2, -0.15) is 0 Å². The Bertz CT molecular complexity index is 484. The Morgan fingerprint density at radius 1 is 1.30 bits per heavy atom. The molecule has 0 saturated heterocycles. The number of ether oxygens (including phenoxy) is 1. The lowest BCUT2D eigenvalue weighted by Crippen LogP contribution is -2.26. The van der Waals surface area contributed by atoms with Crippen molar-refractivity contribution in [1.29, 1.82) is 0 Å². The van der Waals surface area contributed by atoms with Gasteiger partial charge < -0.3 is 14.8 Å². The number of H-pyrrole nitrogens is 1. The van der Waals surface area contributed by atoms with Crippen molar-refractivity contribution in [2.45, 2.75) is 20.0 Å². The van der Waals surface area contributed by atoms with Gasteiger partial charge in [-0.05, 0) is 12.5 Å². The van der Waals surface area contributed by atoms with Crippen LogP contribution in [0.3, 0.4) is 0 Å². The van der Waals surface area contributed by atoms with Crippen molar-refractivity contribution in [2.75, 3.05) is 19.8 Å². The second kappa shape index (κ2) is 7.62. The summed E-state index contributed by atoms with van der Waals surface area (Å²) in [6.45, 7) is 4.63. The first kappa shape index (κ1) is 14.5. The fourth-order valence-corrected chi connectivity index (χ4v) is 1.95. The van der Waals surface area contributed by atoms with Crippen LogP contribution < -0.4 is 4.74 Å². The molecular formula is C14H20N4O2. The van der Waals surface area contributed by atoms with Gasteiger partial charge in [0.2, 0.25) is 5.88 Å². The van der Waals surface area contributed by atoms with E-state index in [-0.39, 0.29) is 6.61 Å². The van der Waals surface area contributed by atoms with Gasteiger partial charge in [-0.3, -0.25) is 4.90 Å². The molecule has 0 radical (unpaired) electrons. The third-order valence-electron chi connectivity index (χ3n) is 2.84. The molecule has 6 heteroatoms. The van der Waals surface area contributed by atoms with Gasteiger partial charge in [0, 0.05) is 37.7 Å². The zero-order valence-corrected chi connectivity index (χ0v) is 11.6. The quantitative estimate of drug-likeness (QED) is 0.758. The zero-order valence-electron chi connectivity index (χ0n) is 11.6. The van der Waals surface area contributed by atoms with Gasteiger partial charge in [0.15, 0.2) is 0 Å². The van der Waals surface area contributed by atoms with Crippen molar-refractivity contribution in [3.8, 4) is 5.88 Å². The van der Waals surface area contributed by atoms with E-state index >= 15 is 0 Å². The molecule has 0 aliphatic carbocycles. The van der Waals surface area contributed by atoms with Gasteiger partial charge in [0.1, 0.15) is 5.82 Å². The van der Waals surface area contributed by atoms with Gasteiger partial charge >= 0.3 is 0 Å². The van der Waals surface area contributed by atoms with E-state index in [1.807, 2.05) is 19.1 Å². The van der Waals surface area contributed by atoms with Crippen LogP contribution in [0.15, 0.2) is 30.7 Å². The van der Waals surface area contributed by atoms with Crippen molar-refractivity contribution < 1.29 is 9.84 Å². The predicted molar refractivity (Wildman–Crippen MR) is 75.2 cm³/mol. The van der Waals surface area contributed by atoms with Gasteiger partial charge in [0.25, 0.3) is 0 Å². The molecule has 20 heavy (non-hydrogen) atoms. The lowest BCUT2D eigenvalue weighted by molar-refractivity contribution is 0.181. The molecule has 0 fully saturated rings. The Morgan fingerprint density at radius 3 is 2.80 bits per heavy atom. The van der Waals surface area contributed by atoms with Crippen LogP contribution in [0, 0.1) is 0 Å². The summed E-state index contributed by atoms with van der Waals surface area (Å²) in [5.41, 5.74) is 1.08. The molecular weight excluding hydrogens is 256 g/mol. The van der Waals surface area contributed by atoms with Gasteiger partial charge in [-0.25, -0.2) is 9.97 Å². The number of imidazole rings is 1. The minimum atomic E-state index is 0.116.